The van der Waals surface area contributed by atoms with E-state index < -0.39 is 6.04 Å². The van der Waals surface area contributed by atoms with Crippen LogP contribution in [-0.4, -0.2) is 31.8 Å². The lowest BCUT2D eigenvalue weighted by atomic mass is 10.1. The van der Waals surface area contributed by atoms with Gasteiger partial charge < -0.3 is 20.5 Å². The van der Waals surface area contributed by atoms with E-state index in [-0.39, 0.29) is 12.0 Å². The van der Waals surface area contributed by atoms with Crippen molar-refractivity contribution in [2.75, 3.05) is 19.0 Å². The zero-order valence-electron chi connectivity index (χ0n) is 11.7. The third-order valence-electron chi connectivity index (χ3n) is 2.85. The molecule has 2 atom stereocenters. The highest BCUT2D eigenvalue weighted by Crippen LogP contribution is 2.17. The van der Waals surface area contributed by atoms with Crippen LogP contribution < -0.4 is 15.8 Å². The predicted molar refractivity (Wildman–Crippen MR) is 75.3 cm³/mol. The molecule has 1 aromatic rings. The van der Waals surface area contributed by atoms with Gasteiger partial charge in [-0.25, -0.2) is 4.79 Å². The summed E-state index contributed by atoms with van der Waals surface area (Å²) >= 11 is 0. The number of nitrogens with two attached hydrogens (primary N) is 1. The number of benzene rings is 1. The summed E-state index contributed by atoms with van der Waals surface area (Å²) in [4.78, 5) is 11.9. The normalized spacial score (nSPS) is 13.5. The Kier molecular flexibility index (Phi) is 6.15. The Balaban J connectivity index is 2.78. The van der Waals surface area contributed by atoms with E-state index in [9.17, 15) is 4.79 Å². The second-order valence-electron chi connectivity index (χ2n) is 4.17. The summed E-state index contributed by atoms with van der Waals surface area (Å²) < 4.78 is 10.1. The SMILES string of the molecule is CCOC(=O)[C@H](Nc1ccc(OC)cc1)[C@H](N)CC. The first-order valence-electron chi connectivity index (χ1n) is 6.45. The number of nitrogens with one attached hydrogen (secondary N) is 1. The molecule has 1 aromatic carbocycles. The number of rotatable bonds is 7. The molecule has 0 saturated heterocycles. The average molecular weight is 266 g/mol. The molecule has 0 fully saturated rings. The van der Waals surface area contributed by atoms with Crippen LogP contribution in [0.2, 0.25) is 0 Å². The Hall–Kier alpha value is -1.75. The predicted octanol–water partition coefficient (Wildman–Crippen LogP) is 1.78. The molecule has 19 heavy (non-hydrogen) atoms. The summed E-state index contributed by atoms with van der Waals surface area (Å²) in [7, 11) is 1.61. The zero-order valence-corrected chi connectivity index (χ0v) is 11.7. The lowest BCUT2D eigenvalue weighted by molar-refractivity contribution is -0.144. The maximum Gasteiger partial charge on any atom is 0.330 e. The van der Waals surface area contributed by atoms with Crippen LogP contribution in [0, 0.1) is 0 Å². The van der Waals surface area contributed by atoms with Gasteiger partial charge in [-0.15, -0.1) is 0 Å². The van der Waals surface area contributed by atoms with Gasteiger partial charge in [0, 0.05) is 11.7 Å². The van der Waals surface area contributed by atoms with E-state index in [0.29, 0.717) is 13.0 Å². The van der Waals surface area contributed by atoms with E-state index in [2.05, 4.69) is 5.32 Å². The summed E-state index contributed by atoms with van der Waals surface area (Å²) in [6.07, 6.45) is 0.687. The second kappa shape index (κ2) is 7.63. The number of carbonyl (C=O) groups is 1. The van der Waals surface area contributed by atoms with Gasteiger partial charge in [-0.3, -0.25) is 0 Å². The lowest BCUT2D eigenvalue weighted by Gasteiger charge is -2.23. The summed E-state index contributed by atoms with van der Waals surface area (Å²) in [5.74, 6) is 0.436. The molecule has 0 heterocycles. The molecule has 0 aromatic heterocycles. The van der Waals surface area contributed by atoms with Gasteiger partial charge in [-0.1, -0.05) is 6.92 Å². The Morgan fingerprint density at radius 2 is 1.95 bits per heavy atom. The number of carbonyl (C=O) groups excluding carboxylic acids is 1. The Morgan fingerprint density at radius 1 is 1.32 bits per heavy atom. The summed E-state index contributed by atoms with van der Waals surface area (Å²) in [5.41, 5.74) is 6.77. The summed E-state index contributed by atoms with van der Waals surface area (Å²) in [6.45, 7) is 4.06. The van der Waals surface area contributed by atoms with Crippen molar-refractivity contribution in [3.8, 4) is 5.75 Å². The van der Waals surface area contributed by atoms with Gasteiger partial charge in [0.1, 0.15) is 11.8 Å². The van der Waals surface area contributed by atoms with Crippen molar-refractivity contribution < 1.29 is 14.3 Å². The van der Waals surface area contributed by atoms with Crippen molar-refractivity contribution in [2.24, 2.45) is 5.73 Å². The molecule has 5 heteroatoms. The first-order valence-corrected chi connectivity index (χ1v) is 6.45. The van der Waals surface area contributed by atoms with Crippen molar-refractivity contribution in [3.63, 3.8) is 0 Å². The first-order chi connectivity index (χ1) is 9.12. The van der Waals surface area contributed by atoms with Gasteiger partial charge in [0.25, 0.3) is 0 Å². The summed E-state index contributed by atoms with van der Waals surface area (Å²) in [6, 6.07) is 6.49. The topological polar surface area (TPSA) is 73.6 Å². The number of methoxy groups -OCH3 is 1. The monoisotopic (exact) mass is 266 g/mol. The highest BCUT2D eigenvalue weighted by Gasteiger charge is 2.25. The largest absolute Gasteiger partial charge is 0.497 e. The minimum absolute atomic E-state index is 0.291. The Bertz CT molecular complexity index is 392. The minimum atomic E-state index is -0.543. The molecule has 0 bridgehead atoms. The maximum atomic E-state index is 11.9. The quantitative estimate of drug-likeness (QED) is 0.736. The number of hydrogen-bond acceptors (Lipinski definition) is 5. The van der Waals surface area contributed by atoms with Gasteiger partial charge in [0.2, 0.25) is 0 Å². The molecule has 3 N–H and O–H groups in total. The molecular formula is C14H22N2O3. The Labute approximate surface area is 114 Å². The van der Waals surface area contributed by atoms with Crippen LogP contribution in [-0.2, 0) is 9.53 Å². The molecule has 0 radical (unpaired) electrons. The smallest absolute Gasteiger partial charge is 0.330 e. The van der Waals surface area contributed by atoms with E-state index in [1.807, 2.05) is 31.2 Å². The van der Waals surface area contributed by atoms with Gasteiger partial charge in [-0.2, -0.15) is 0 Å². The fraction of sp³-hybridized carbons (Fsp3) is 0.500. The van der Waals surface area contributed by atoms with Crippen LogP contribution in [0.4, 0.5) is 5.69 Å². The standard InChI is InChI=1S/C14H22N2O3/c1-4-12(15)13(14(17)19-5-2)16-10-6-8-11(18-3)9-7-10/h6-9,12-13,16H,4-5,15H2,1-3H3/t12-,13-/m1/s1. The summed E-state index contributed by atoms with van der Waals surface area (Å²) in [5, 5.41) is 3.11. The van der Waals surface area contributed by atoms with Gasteiger partial charge in [-0.05, 0) is 37.6 Å². The number of ether oxygens (including phenoxy) is 2. The average Bonchev–Trinajstić information content (AvgIpc) is 2.44. The van der Waals surface area contributed by atoms with Crippen LogP contribution in [0.1, 0.15) is 20.3 Å². The van der Waals surface area contributed by atoms with Gasteiger partial charge in [0.05, 0.1) is 13.7 Å². The minimum Gasteiger partial charge on any atom is -0.497 e. The number of esters is 1. The number of hydrogen-bond donors (Lipinski definition) is 2. The van der Waals surface area contributed by atoms with Crippen molar-refractivity contribution in [1.82, 2.24) is 0 Å². The van der Waals surface area contributed by atoms with E-state index in [0.717, 1.165) is 11.4 Å². The fourth-order valence-electron chi connectivity index (χ4n) is 1.68. The van der Waals surface area contributed by atoms with E-state index >= 15 is 0 Å². The van der Waals surface area contributed by atoms with E-state index in [1.54, 1.807) is 14.0 Å². The van der Waals surface area contributed by atoms with Gasteiger partial charge in [0.15, 0.2) is 0 Å². The van der Waals surface area contributed by atoms with Crippen molar-refractivity contribution in [2.45, 2.75) is 32.4 Å². The molecule has 1 rings (SSSR count). The van der Waals surface area contributed by atoms with E-state index in [4.69, 9.17) is 15.2 Å². The molecule has 0 aliphatic heterocycles. The molecule has 0 aliphatic carbocycles. The highest BCUT2D eigenvalue weighted by molar-refractivity contribution is 5.80. The first kappa shape index (κ1) is 15.3. The zero-order chi connectivity index (χ0) is 14.3. The molecule has 0 aliphatic rings. The molecule has 0 saturated carbocycles. The van der Waals surface area contributed by atoms with Crippen molar-refractivity contribution >= 4 is 11.7 Å². The highest BCUT2D eigenvalue weighted by atomic mass is 16.5. The lowest BCUT2D eigenvalue weighted by Crippen LogP contribution is -2.46. The molecular weight excluding hydrogens is 244 g/mol. The van der Waals surface area contributed by atoms with Gasteiger partial charge >= 0.3 is 5.97 Å². The Morgan fingerprint density at radius 3 is 2.42 bits per heavy atom. The maximum absolute atomic E-state index is 11.9. The van der Waals surface area contributed by atoms with Crippen LogP contribution in [0.5, 0.6) is 5.75 Å². The van der Waals surface area contributed by atoms with Crippen molar-refractivity contribution in [3.05, 3.63) is 24.3 Å². The molecule has 0 unspecified atom stereocenters. The van der Waals surface area contributed by atoms with Crippen molar-refractivity contribution in [1.29, 1.82) is 0 Å². The second-order valence-corrected chi connectivity index (χ2v) is 4.17. The molecule has 106 valence electrons. The fourth-order valence-corrected chi connectivity index (χ4v) is 1.68. The molecule has 0 amide bonds. The van der Waals surface area contributed by atoms with Crippen LogP contribution in [0.3, 0.4) is 0 Å². The third kappa shape index (κ3) is 4.44. The number of anilines is 1. The third-order valence-corrected chi connectivity index (χ3v) is 2.85. The van der Waals surface area contributed by atoms with Crippen LogP contribution in [0.25, 0.3) is 0 Å². The molecule has 0 spiro atoms. The molecule has 5 nitrogen and oxygen atoms in total. The van der Waals surface area contributed by atoms with Crippen LogP contribution >= 0.6 is 0 Å². The van der Waals surface area contributed by atoms with Crippen LogP contribution in [0.15, 0.2) is 24.3 Å². The van der Waals surface area contributed by atoms with E-state index in [1.165, 1.54) is 0 Å².